The second-order valence-corrected chi connectivity index (χ2v) is 4.47. The molecule has 0 radical (unpaired) electrons. The highest BCUT2D eigenvalue weighted by molar-refractivity contribution is 14.0. The molecule has 6 nitrogen and oxygen atoms in total. The lowest BCUT2D eigenvalue weighted by Gasteiger charge is -2.21. The lowest BCUT2D eigenvalue weighted by atomic mass is 10.2. The number of hydrogen-bond acceptors (Lipinski definition) is 4. The van der Waals surface area contributed by atoms with Crippen molar-refractivity contribution in [2.45, 2.75) is 20.0 Å². The molecule has 1 heterocycles. The number of aromatic nitrogens is 2. The van der Waals surface area contributed by atoms with Crippen molar-refractivity contribution in [3.63, 3.8) is 0 Å². The van der Waals surface area contributed by atoms with Crippen molar-refractivity contribution in [3.8, 4) is 0 Å². The standard InChI is InChI=1S/C14H19N5O.HI/c1-11-17-13(18-20-11)9-16-14(15-2)19(3)10-12-7-5-4-6-8-12;/h4-8H,9-10H2,1-3H3,(H,15,16);1H. The Kier molecular flexibility index (Phi) is 7.13. The summed E-state index contributed by atoms with van der Waals surface area (Å²) in [4.78, 5) is 10.4. The van der Waals surface area contributed by atoms with E-state index in [4.69, 9.17) is 4.52 Å². The van der Waals surface area contributed by atoms with Crippen molar-refractivity contribution in [2.75, 3.05) is 14.1 Å². The predicted octanol–water partition coefficient (Wildman–Crippen LogP) is 2.20. The third-order valence-corrected chi connectivity index (χ3v) is 2.81. The van der Waals surface area contributed by atoms with Gasteiger partial charge in [-0.1, -0.05) is 35.5 Å². The summed E-state index contributed by atoms with van der Waals surface area (Å²) in [5, 5.41) is 7.05. The summed E-state index contributed by atoms with van der Waals surface area (Å²) in [6.07, 6.45) is 0. The minimum absolute atomic E-state index is 0. The minimum atomic E-state index is 0. The van der Waals surface area contributed by atoms with Crippen LogP contribution in [0.3, 0.4) is 0 Å². The average Bonchev–Trinajstić information content (AvgIpc) is 2.86. The van der Waals surface area contributed by atoms with E-state index < -0.39 is 0 Å². The predicted molar refractivity (Wildman–Crippen MR) is 92.6 cm³/mol. The van der Waals surface area contributed by atoms with Gasteiger partial charge in [-0.25, -0.2) is 0 Å². The van der Waals surface area contributed by atoms with Crippen LogP contribution in [0.25, 0.3) is 0 Å². The van der Waals surface area contributed by atoms with Crippen molar-refractivity contribution in [3.05, 3.63) is 47.6 Å². The normalized spacial score (nSPS) is 10.9. The van der Waals surface area contributed by atoms with Gasteiger partial charge < -0.3 is 14.7 Å². The van der Waals surface area contributed by atoms with E-state index in [9.17, 15) is 0 Å². The summed E-state index contributed by atoms with van der Waals surface area (Å²) in [7, 11) is 3.75. The highest BCUT2D eigenvalue weighted by Crippen LogP contribution is 2.03. The first-order valence-electron chi connectivity index (χ1n) is 6.44. The molecule has 7 heteroatoms. The van der Waals surface area contributed by atoms with Crippen molar-refractivity contribution in [2.24, 2.45) is 4.99 Å². The van der Waals surface area contributed by atoms with Gasteiger partial charge in [0, 0.05) is 27.6 Å². The van der Waals surface area contributed by atoms with Gasteiger partial charge in [0.15, 0.2) is 11.8 Å². The molecule has 0 bridgehead atoms. The van der Waals surface area contributed by atoms with E-state index in [1.54, 1.807) is 14.0 Å². The SMILES string of the molecule is CN=C(NCc1noc(C)n1)N(C)Cc1ccccc1.I. The number of nitrogens with zero attached hydrogens (tertiary/aromatic N) is 4. The molecular formula is C14H20IN5O. The van der Waals surface area contributed by atoms with Gasteiger partial charge in [0.05, 0.1) is 6.54 Å². The van der Waals surface area contributed by atoms with E-state index in [1.807, 2.05) is 30.1 Å². The Hall–Kier alpha value is -1.64. The van der Waals surface area contributed by atoms with Crippen LogP contribution in [-0.2, 0) is 13.1 Å². The molecule has 0 fully saturated rings. The molecular weight excluding hydrogens is 381 g/mol. The lowest BCUT2D eigenvalue weighted by Crippen LogP contribution is -2.38. The number of aryl methyl sites for hydroxylation is 1. The fraction of sp³-hybridized carbons (Fsp3) is 0.357. The summed E-state index contributed by atoms with van der Waals surface area (Å²) in [5.74, 6) is 1.97. The highest BCUT2D eigenvalue weighted by Gasteiger charge is 2.08. The molecule has 0 saturated carbocycles. The van der Waals surface area contributed by atoms with E-state index in [2.05, 4.69) is 32.6 Å². The van der Waals surface area contributed by atoms with Crippen LogP contribution in [0.1, 0.15) is 17.3 Å². The van der Waals surface area contributed by atoms with Crippen LogP contribution in [0.15, 0.2) is 39.8 Å². The Labute approximate surface area is 141 Å². The van der Waals surface area contributed by atoms with Gasteiger partial charge in [0.2, 0.25) is 5.89 Å². The van der Waals surface area contributed by atoms with Crippen molar-refractivity contribution in [1.29, 1.82) is 0 Å². The zero-order valence-corrected chi connectivity index (χ0v) is 14.7. The summed E-state index contributed by atoms with van der Waals surface area (Å²) >= 11 is 0. The molecule has 0 amide bonds. The molecule has 0 unspecified atom stereocenters. The van der Waals surface area contributed by atoms with Gasteiger partial charge in [-0.15, -0.1) is 24.0 Å². The molecule has 2 aromatic rings. The second kappa shape index (κ2) is 8.60. The van der Waals surface area contributed by atoms with Crippen molar-refractivity contribution in [1.82, 2.24) is 20.4 Å². The Morgan fingerprint density at radius 3 is 2.62 bits per heavy atom. The van der Waals surface area contributed by atoms with Gasteiger partial charge in [-0.2, -0.15) is 4.98 Å². The Balaban J connectivity index is 0.00000220. The zero-order chi connectivity index (χ0) is 14.4. The summed E-state index contributed by atoms with van der Waals surface area (Å²) in [6.45, 7) is 3.04. The van der Waals surface area contributed by atoms with Crippen LogP contribution in [0.4, 0.5) is 0 Å². The summed E-state index contributed by atoms with van der Waals surface area (Å²) in [5.41, 5.74) is 1.23. The molecule has 21 heavy (non-hydrogen) atoms. The summed E-state index contributed by atoms with van der Waals surface area (Å²) < 4.78 is 4.93. The van der Waals surface area contributed by atoms with E-state index in [-0.39, 0.29) is 24.0 Å². The van der Waals surface area contributed by atoms with Crippen molar-refractivity contribution >= 4 is 29.9 Å². The molecule has 0 spiro atoms. The maximum atomic E-state index is 4.93. The van der Waals surface area contributed by atoms with Crippen LogP contribution in [-0.4, -0.2) is 35.1 Å². The van der Waals surface area contributed by atoms with Gasteiger partial charge in [-0.3, -0.25) is 4.99 Å². The molecule has 0 atom stereocenters. The number of nitrogens with one attached hydrogen (secondary N) is 1. The number of guanidine groups is 1. The van der Waals surface area contributed by atoms with Gasteiger partial charge >= 0.3 is 0 Å². The van der Waals surface area contributed by atoms with Gasteiger partial charge in [-0.05, 0) is 5.56 Å². The smallest absolute Gasteiger partial charge is 0.223 e. The number of benzene rings is 1. The Morgan fingerprint density at radius 2 is 2.05 bits per heavy atom. The lowest BCUT2D eigenvalue weighted by molar-refractivity contribution is 0.386. The van der Waals surface area contributed by atoms with Crippen LogP contribution in [0, 0.1) is 6.92 Å². The van der Waals surface area contributed by atoms with E-state index in [0.717, 1.165) is 12.5 Å². The molecule has 0 aliphatic rings. The third kappa shape index (κ3) is 5.33. The number of halogens is 1. The van der Waals surface area contributed by atoms with Crippen LogP contribution < -0.4 is 5.32 Å². The van der Waals surface area contributed by atoms with E-state index in [0.29, 0.717) is 18.3 Å². The van der Waals surface area contributed by atoms with Crippen LogP contribution in [0.5, 0.6) is 0 Å². The zero-order valence-electron chi connectivity index (χ0n) is 12.4. The van der Waals surface area contributed by atoms with Crippen molar-refractivity contribution < 1.29 is 4.52 Å². The first-order chi connectivity index (χ1) is 9.69. The maximum Gasteiger partial charge on any atom is 0.223 e. The van der Waals surface area contributed by atoms with Gasteiger partial charge in [0.1, 0.15) is 0 Å². The number of hydrogen-bond donors (Lipinski definition) is 1. The largest absolute Gasteiger partial charge is 0.349 e. The fourth-order valence-corrected chi connectivity index (χ4v) is 1.89. The maximum absolute atomic E-state index is 4.93. The molecule has 0 aliphatic heterocycles. The first kappa shape index (κ1) is 17.4. The molecule has 1 N–H and O–H groups in total. The monoisotopic (exact) mass is 401 g/mol. The molecule has 114 valence electrons. The number of rotatable bonds is 4. The molecule has 2 rings (SSSR count). The molecule has 0 saturated heterocycles. The topological polar surface area (TPSA) is 66.5 Å². The molecule has 1 aromatic carbocycles. The first-order valence-corrected chi connectivity index (χ1v) is 6.44. The quantitative estimate of drug-likeness (QED) is 0.484. The second-order valence-electron chi connectivity index (χ2n) is 4.47. The number of aliphatic imine (C=N–C) groups is 1. The van der Waals surface area contributed by atoms with Crippen LogP contribution >= 0.6 is 24.0 Å². The Morgan fingerprint density at radius 1 is 1.33 bits per heavy atom. The molecule has 0 aliphatic carbocycles. The van der Waals surface area contributed by atoms with Crippen LogP contribution in [0.2, 0.25) is 0 Å². The molecule has 1 aromatic heterocycles. The minimum Gasteiger partial charge on any atom is -0.349 e. The van der Waals surface area contributed by atoms with E-state index in [1.165, 1.54) is 5.56 Å². The third-order valence-electron chi connectivity index (χ3n) is 2.81. The Bertz CT molecular complexity index is 570. The van der Waals surface area contributed by atoms with E-state index >= 15 is 0 Å². The fourth-order valence-electron chi connectivity index (χ4n) is 1.89. The summed E-state index contributed by atoms with van der Waals surface area (Å²) in [6, 6.07) is 10.2. The van der Waals surface area contributed by atoms with Gasteiger partial charge in [0.25, 0.3) is 0 Å². The average molecular weight is 401 g/mol. The highest BCUT2D eigenvalue weighted by atomic mass is 127.